The van der Waals surface area contributed by atoms with E-state index in [1.165, 1.54) is 0 Å². The Labute approximate surface area is 123 Å². The van der Waals surface area contributed by atoms with Gasteiger partial charge in [-0.25, -0.2) is 0 Å². The lowest BCUT2D eigenvalue weighted by Crippen LogP contribution is -2.33. The van der Waals surface area contributed by atoms with E-state index >= 15 is 0 Å². The Hall–Kier alpha value is -1.81. The van der Waals surface area contributed by atoms with Crippen LogP contribution in [-0.2, 0) is 17.8 Å². The van der Waals surface area contributed by atoms with Gasteiger partial charge in [0.15, 0.2) is 0 Å². The predicted molar refractivity (Wildman–Crippen MR) is 79.6 cm³/mol. The summed E-state index contributed by atoms with van der Waals surface area (Å²) in [7, 11) is 0. The molecule has 2 aromatic rings. The number of halogens is 1. The maximum absolute atomic E-state index is 12.0. The van der Waals surface area contributed by atoms with Crippen LogP contribution in [0.2, 0.25) is 5.02 Å². The third-order valence-corrected chi connectivity index (χ3v) is 3.49. The van der Waals surface area contributed by atoms with Gasteiger partial charge in [-0.15, -0.1) is 0 Å². The summed E-state index contributed by atoms with van der Waals surface area (Å²) in [6.45, 7) is 3.07. The number of amides is 1. The number of benzene rings is 1. The van der Waals surface area contributed by atoms with Crippen molar-refractivity contribution in [3.05, 3.63) is 53.3 Å². The maximum Gasteiger partial charge on any atom is 0.224 e. The lowest BCUT2D eigenvalue weighted by Gasteiger charge is -2.12. The van der Waals surface area contributed by atoms with Crippen LogP contribution >= 0.6 is 11.6 Å². The van der Waals surface area contributed by atoms with Gasteiger partial charge in [0.25, 0.3) is 0 Å². The predicted octanol–water partition coefficient (Wildman–Crippen LogP) is 2.53. The van der Waals surface area contributed by atoms with E-state index in [2.05, 4.69) is 10.4 Å². The lowest BCUT2D eigenvalue weighted by molar-refractivity contribution is -0.124. The molecule has 1 heterocycles. The van der Waals surface area contributed by atoms with Gasteiger partial charge in [0.2, 0.25) is 5.91 Å². The molecule has 0 saturated heterocycles. The van der Waals surface area contributed by atoms with Crippen LogP contribution in [0.25, 0.3) is 0 Å². The van der Waals surface area contributed by atoms with E-state index < -0.39 is 0 Å². The van der Waals surface area contributed by atoms with Gasteiger partial charge in [-0.2, -0.15) is 5.10 Å². The summed E-state index contributed by atoms with van der Waals surface area (Å²) in [4.78, 5) is 12.0. The van der Waals surface area contributed by atoms with Crippen molar-refractivity contribution in [1.82, 2.24) is 15.1 Å². The molecule has 1 N–H and O–H groups in total. The minimum absolute atomic E-state index is 0.0348. The maximum atomic E-state index is 12.0. The van der Waals surface area contributed by atoms with Crippen molar-refractivity contribution < 1.29 is 4.79 Å². The molecule has 0 spiro atoms. The number of hydrogen-bond donors (Lipinski definition) is 1. The molecule has 0 bridgehead atoms. The van der Waals surface area contributed by atoms with Gasteiger partial charge in [-0.1, -0.05) is 36.7 Å². The topological polar surface area (TPSA) is 46.9 Å². The van der Waals surface area contributed by atoms with Crippen molar-refractivity contribution in [2.75, 3.05) is 6.54 Å². The fourth-order valence-corrected chi connectivity index (χ4v) is 2.20. The van der Waals surface area contributed by atoms with Crippen molar-refractivity contribution >= 4 is 17.5 Å². The molecular weight excluding hydrogens is 274 g/mol. The molecule has 0 aliphatic rings. The molecule has 1 aromatic carbocycles. The molecule has 0 aliphatic carbocycles. The highest BCUT2D eigenvalue weighted by Gasteiger charge is 2.13. The molecular formula is C15H18ClN3O. The van der Waals surface area contributed by atoms with Crippen LogP contribution in [-0.4, -0.2) is 22.2 Å². The molecule has 0 fully saturated rings. The van der Waals surface area contributed by atoms with E-state index in [4.69, 9.17) is 11.6 Å². The van der Waals surface area contributed by atoms with Crippen molar-refractivity contribution in [2.24, 2.45) is 5.92 Å². The normalized spacial score (nSPS) is 12.1. The van der Waals surface area contributed by atoms with Gasteiger partial charge < -0.3 is 5.32 Å². The van der Waals surface area contributed by atoms with Crippen LogP contribution in [0.4, 0.5) is 0 Å². The monoisotopic (exact) mass is 291 g/mol. The first-order chi connectivity index (χ1) is 9.66. The van der Waals surface area contributed by atoms with Crippen molar-refractivity contribution in [3.63, 3.8) is 0 Å². The molecule has 0 aliphatic heterocycles. The first kappa shape index (κ1) is 14.6. The number of rotatable bonds is 6. The zero-order valence-electron chi connectivity index (χ0n) is 11.4. The Kier molecular flexibility index (Phi) is 5.18. The highest BCUT2D eigenvalue weighted by Crippen LogP contribution is 2.14. The average molecular weight is 292 g/mol. The smallest absolute Gasteiger partial charge is 0.224 e. The second-order valence-corrected chi connectivity index (χ2v) is 5.17. The van der Waals surface area contributed by atoms with Crippen molar-refractivity contribution in [3.8, 4) is 0 Å². The van der Waals surface area contributed by atoms with E-state index in [-0.39, 0.29) is 11.8 Å². The zero-order chi connectivity index (χ0) is 14.4. The Bertz CT molecular complexity index is 554. The minimum Gasteiger partial charge on any atom is -0.355 e. The lowest BCUT2D eigenvalue weighted by atomic mass is 10.1. The highest BCUT2D eigenvalue weighted by atomic mass is 35.5. The molecule has 20 heavy (non-hydrogen) atoms. The van der Waals surface area contributed by atoms with Crippen LogP contribution in [0.3, 0.4) is 0 Å². The van der Waals surface area contributed by atoms with Gasteiger partial charge in [-0.05, 0) is 24.1 Å². The van der Waals surface area contributed by atoms with Gasteiger partial charge in [0.05, 0.1) is 12.5 Å². The van der Waals surface area contributed by atoms with Gasteiger partial charge in [-0.3, -0.25) is 9.48 Å². The van der Waals surface area contributed by atoms with Gasteiger partial charge in [0.1, 0.15) is 0 Å². The molecule has 0 radical (unpaired) electrons. The van der Waals surface area contributed by atoms with E-state index in [1.807, 2.05) is 43.5 Å². The van der Waals surface area contributed by atoms with Crippen LogP contribution in [0, 0.1) is 5.92 Å². The van der Waals surface area contributed by atoms with Crippen LogP contribution in [0.1, 0.15) is 12.5 Å². The summed E-state index contributed by atoms with van der Waals surface area (Å²) in [6.07, 6.45) is 4.30. The molecule has 2 rings (SSSR count). The Morgan fingerprint density at radius 2 is 2.20 bits per heavy atom. The molecule has 5 heteroatoms. The number of carbonyl (C=O) groups is 1. The van der Waals surface area contributed by atoms with Crippen LogP contribution in [0.5, 0.6) is 0 Å². The fourth-order valence-electron chi connectivity index (χ4n) is 1.97. The molecule has 0 saturated carbocycles. The Morgan fingerprint density at radius 1 is 1.40 bits per heavy atom. The van der Waals surface area contributed by atoms with E-state index in [0.717, 1.165) is 17.0 Å². The second-order valence-electron chi connectivity index (χ2n) is 4.76. The van der Waals surface area contributed by atoms with Gasteiger partial charge in [0, 0.05) is 24.0 Å². The Balaban J connectivity index is 1.76. The number of aromatic nitrogens is 2. The first-order valence-electron chi connectivity index (χ1n) is 6.65. The summed E-state index contributed by atoms with van der Waals surface area (Å²) in [5.41, 5.74) is 1.05. The summed E-state index contributed by atoms with van der Waals surface area (Å²) in [6, 6.07) is 9.53. The minimum atomic E-state index is -0.110. The molecule has 1 amide bonds. The second kappa shape index (κ2) is 7.10. The largest absolute Gasteiger partial charge is 0.355 e. The third-order valence-electron chi connectivity index (χ3n) is 3.12. The molecule has 1 aromatic heterocycles. The third kappa shape index (κ3) is 4.10. The quantitative estimate of drug-likeness (QED) is 0.889. The standard InChI is InChI=1S/C15H18ClN3O/c1-12(11-19-10-4-8-18-19)15(20)17-9-7-13-5-2-3-6-14(13)16/h2-6,8,10,12H,7,9,11H2,1H3,(H,17,20). The van der Waals surface area contributed by atoms with Crippen molar-refractivity contribution in [2.45, 2.75) is 19.9 Å². The summed E-state index contributed by atoms with van der Waals surface area (Å²) in [5, 5.41) is 7.77. The van der Waals surface area contributed by atoms with E-state index in [0.29, 0.717) is 13.1 Å². The summed E-state index contributed by atoms with van der Waals surface area (Å²) < 4.78 is 1.76. The summed E-state index contributed by atoms with van der Waals surface area (Å²) in [5.74, 6) is -0.0753. The Morgan fingerprint density at radius 3 is 2.90 bits per heavy atom. The highest BCUT2D eigenvalue weighted by molar-refractivity contribution is 6.31. The van der Waals surface area contributed by atoms with Gasteiger partial charge >= 0.3 is 0 Å². The zero-order valence-corrected chi connectivity index (χ0v) is 12.2. The van der Waals surface area contributed by atoms with E-state index in [1.54, 1.807) is 10.9 Å². The fraction of sp³-hybridized carbons (Fsp3) is 0.333. The SMILES string of the molecule is CC(Cn1cccn1)C(=O)NCCc1ccccc1Cl. The number of carbonyl (C=O) groups excluding carboxylic acids is 1. The summed E-state index contributed by atoms with van der Waals surface area (Å²) >= 11 is 6.07. The number of nitrogens with zero attached hydrogens (tertiary/aromatic N) is 2. The average Bonchev–Trinajstić information content (AvgIpc) is 2.93. The molecule has 106 valence electrons. The van der Waals surface area contributed by atoms with Crippen LogP contribution in [0.15, 0.2) is 42.7 Å². The number of hydrogen-bond acceptors (Lipinski definition) is 2. The number of nitrogens with one attached hydrogen (secondary N) is 1. The molecule has 1 atom stereocenters. The first-order valence-corrected chi connectivity index (χ1v) is 7.03. The molecule has 4 nitrogen and oxygen atoms in total. The van der Waals surface area contributed by atoms with Crippen molar-refractivity contribution in [1.29, 1.82) is 0 Å². The van der Waals surface area contributed by atoms with Crippen LogP contribution < -0.4 is 5.32 Å². The van der Waals surface area contributed by atoms with E-state index in [9.17, 15) is 4.79 Å². The molecule has 1 unspecified atom stereocenters.